The van der Waals surface area contributed by atoms with Crippen LogP contribution in [0.2, 0.25) is 0 Å². The van der Waals surface area contributed by atoms with Gasteiger partial charge in [0.25, 0.3) is 5.91 Å². The molecule has 7 atom stereocenters. The van der Waals surface area contributed by atoms with E-state index in [1.807, 2.05) is 52.9 Å². The predicted molar refractivity (Wildman–Crippen MR) is 226 cm³/mol. The summed E-state index contributed by atoms with van der Waals surface area (Å²) in [5.74, 6) is -1.22. The van der Waals surface area contributed by atoms with Crippen LogP contribution in [-0.2, 0) is 35.6 Å². The Morgan fingerprint density at radius 1 is 1.13 bits per heavy atom. The van der Waals surface area contributed by atoms with E-state index in [0.717, 1.165) is 61.6 Å². The lowest BCUT2D eigenvalue weighted by Gasteiger charge is -2.35. The van der Waals surface area contributed by atoms with Gasteiger partial charge in [-0.15, -0.1) is 6.58 Å². The fourth-order valence-electron chi connectivity index (χ4n) is 8.58. The normalized spacial score (nSPS) is 29.0. The topological polar surface area (TPSA) is 194 Å². The first-order valence-electron chi connectivity index (χ1n) is 21.6. The van der Waals surface area contributed by atoms with Crippen LogP contribution >= 0.6 is 0 Å². The third kappa shape index (κ3) is 9.09. The van der Waals surface area contributed by atoms with Gasteiger partial charge in [0.2, 0.25) is 27.7 Å². The second kappa shape index (κ2) is 16.8. The van der Waals surface area contributed by atoms with Gasteiger partial charge in [-0.2, -0.15) is 0 Å². The van der Waals surface area contributed by atoms with E-state index in [4.69, 9.17) is 19.2 Å². The highest BCUT2D eigenvalue weighted by molar-refractivity contribution is 7.91. The Morgan fingerprint density at radius 2 is 1.90 bits per heavy atom. The summed E-state index contributed by atoms with van der Waals surface area (Å²) < 4.78 is 46.7. The first kappa shape index (κ1) is 43.6. The van der Waals surface area contributed by atoms with Crippen LogP contribution in [0, 0.1) is 24.2 Å². The van der Waals surface area contributed by atoms with E-state index in [0.29, 0.717) is 43.0 Å². The fourth-order valence-corrected chi connectivity index (χ4v) is 9.89. The van der Waals surface area contributed by atoms with Crippen molar-refractivity contribution in [2.45, 2.75) is 140 Å². The number of hydrogen-bond acceptors (Lipinski definition) is 11. The van der Waals surface area contributed by atoms with Crippen molar-refractivity contribution >= 4 is 44.7 Å². The Labute approximate surface area is 353 Å². The molecule has 4 amide bonds. The van der Waals surface area contributed by atoms with Crippen LogP contribution in [0.5, 0.6) is 11.6 Å². The minimum atomic E-state index is -4.01. The summed E-state index contributed by atoms with van der Waals surface area (Å²) in [4.78, 5) is 63.0. The number of carbonyl (C=O) groups is 4. The second-order valence-electron chi connectivity index (χ2n) is 18.9. The molecule has 3 saturated carbocycles. The van der Waals surface area contributed by atoms with Gasteiger partial charge >= 0.3 is 6.09 Å². The second-order valence-corrected chi connectivity index (χ2v) is 21.1. The standard InChI is InChI=1S/C44H62N6O9S/c1-8-28-24-44(28,40(53)49-60(55,56)43(6)17-18-43)48-37(51)33-23-29-25-50(33)39(52)36(42(3,4)5)47-41(54)59-34-22-27(34)13-10-9-11-14-31-35(57-20-12-19-45-7)30-16-15-26(2)21-32(30)46-38(31)58-29/h8,15-16,21,27-29,33-34,36,45H,1,9-14,17-20,22-25H2,2-7H3,(H,47,54)(H,48,51)(H,49,53)/t27-,28-,29-,33+,34-,36-,44-/m1/s1. The molecule has 5 aliphatic rings. The smallest absolute Gasteiger partial charge is 0.408 e. The SMILES string of the molecule is C=C[C@@H]1C[C@]1(NC(=O)[C@@H]1C[C@@H]2CN1C(=O)[C@H](C(C)(C)C)NC(=O)O[C@@H]1C[C@H]1CCCCCc1c(nc3cc(C)ccc3c1OCCCNC)O2)C(=O)NS(=O)(=O)C1(C)CC1. The number of aryl methyl sites for hydroxylation is 1. The van der Waals surface area contributed by atoms with E-state index in [1.165, 1.54) is 11.0 Å². The van der Waals surface area contributed by atoms with E-state index < -0.39 is 73.6 Å². The predicted octanol–water partition coefficient (Wildman–Crippen LogP) is 4.59. The summed E-state index contributed by atoms with van der Waals surface area (Å²) in [6.07, 6.45) is 6.68. The number of hydrogen-bond donors (Lipinski definition) is 4. The molecule has 2 aromatic rings. The highest BCUT2D eigenvalue weighted by Crippen LogP contribution is 2.47. The van der Waals surface area contributed by atoms with Gasteiger partial charge < -0.3 is 35.1 Å². The lowest BCUT2D eigenvalue weighted by molar-refractivity contribution is -0.142. The van der Waals surface area contributed by atoms with Crippen molar-refractivity contribution in [1.29, 1.82) is 0 Å². The fraction of sp³-hybridized carbons (Fsp3) is 0.659. The molecule has 4 N–H and O–H groups in total. The third-order valence-electron chi connectivity index (χ3n) is 13.0. The van der Waals surface area contributed by atoms with Crippen molar-refractivity contribution in [3.63, 3.8) is 0 Å². The molecule has 1 aromatic carbocycles. The summed E-state index contributed by atoms with van der Waals surface area (Å²) in [6, 6.07) is 3.80. The number of rotatable bonds is 11. The van der Waals surface area contributed by atoms with E-state index in [-0.39, 0.29) is 31.4 Å². The van der Waals surface area contributed by atoms with Crippen LogP contribution < -0.4 is 30.1 Å². The van der Waals surface area contributed by atoms with Gasteiger partial charge in [-0.1, -0.05) is 45.8 Å². The molecule has 16 heteroatoms. The molecule has 1 saturated heterocycles. The molecular formula is C44H62N6O9S. The molecule has 0 radical (unpaired) electrons. The van der Waals surface area contributed by atoms with Gasteiger partial charge in [0.05, 0.1) is 29.0 Å². The van der Waals surface area contributed by atoms with Crippen molar-refractivity contribution in [3.05, 3.63) is 42.0 Å². The average molecular weight is 851 g/mol. The van der Waals surface area contributed by atoms with E-state index in [1.54, 1.807) is 6.92 Å². The first-order chi connectivity index (χ1) is 28.4. The van der Waals surface area contributed by atoms with Gasteiger partial charge in [0.15, 0.2) is 0 Å². The van der Waals surface area contributed by atoms with Crippen LogP contribution in [0.15, 0.2) is 30.9 Å². The molecule has 60 heavy (non-hydrogen) atoms. The summed E-state index contributed by atoms with van der Waals surface area (Å²) in [5.41, 5.74) is 0.153. The summed E-state index contributed by atoms with van der Waals surface area (Å²) >= 11 is 0. The monoisotopic (exact) mass is 850 g/mol. The lowest BCUT2D eigenvalue weighted by Crippen LogP contribution is -2.60. The van der Waals surface area contributed by atoms with Crippen LogP contribution in [0.25, 0.3) is 10.9 Å². The van der Waals surface area contributed by atoms with Gasteiger partial charge in [-0.05, 0) is 108 Å². The molecule has 328 valence electrons. The third-order valence-corrected chi connectivity index (χ3v) is 15.1. The number of amides is 4. The Balaban J connectivity index is 1.25. The minimum Gasteiger partial charge on any atom is -0.492 e. The molecule has 15 nitrogen and oxygen atoms in total. The maximum atomic E-state index is 14.8. The number of aromatic nitrogens is 1. The number of ether oxygens (including phenoxy) is 3. The summed E-state index contributed by atoms with van der Waals surface area (Å²) in [6.45, 7) is 14.1. The summed E-state index contributed by atoms with van der Waals surface area (Å²) in [7, 11) is -2.11. The molecular weight excluding hydrogens is 789 g/mol. The highest BCUT2D eigenvalue weighted by atomic mass is 32.2. The zero-order valence-electron chi connectivity index (χ0n) is 35.9. The molecule has 2 aliphatic heterocycles. The van der Waals surface area contributed by atoms with Crippen LogP contribution in [-0.4, -0.2) is 103 Å². The molecule has 4 fully saturated rings. The van der Waals surface area contributed by atoms with Gasteiger partial charge in [-0.3, -0.25) is 19.1 Å². The molecule has 0 unspecified atom stereocenters. The molecule has 7 rings (SSSR count). The Hall–Kier alpha value is -4.44. The van der Waals surface area contributed by atoms with Crippen molar-refractivity contribution in [1.82, 2.24) is 30.6 Å². The molecule has 1 aromatic heterocycles. The van der Waals surface area contributed by atoms with Gasteiger partial charge in [0.1, 0.15) is 35.6 Å². The maximum Gasteiger partial charge on any atom is 0.408 e. The number of alkyl carbamates (subject to hydrolysis) is 1. The van der Waals surface area contributed by atoms with Crippen LogP contribution in [0.1, 0.15) is 103 Å². The minimum absolute atomic E-state index is 0.0286. The number of nitrogens with zero attached hydrogens (tertiary/aromatic N) is 2. The number of fused-ring (bicyclic) bond motifs is 5. The van der Waals surface area contributed by atoms with E-state index in [9.17, 15) is 27.6 Å². The average Bonchev–Trinajstić information content (AvgIpc) is 4.14. The number of benzene rings is 1. The number of sulfonamides is 1. The Bertz CT molecular complexity index is 2130. The van der Waals surface area contributed by atoms with Gasteiger partial charge in [-0.25, -0.2) is 18.2 Å². The lowest BCUT2D eigenvalue weighted by atomic mass is 9.85. The van der Waals surface area contributed by atoms with Crippen molar-refractivity contribution in [2.24, 2.45) is 17.3 Å². The quantitative estimate of drug-likeness (QED) is 0.183. The van der Waals surface area contributed by atoms with Crippen molar-refractivity contribution in [3.8, 4) is 11.6 Å². The molecule has 2 bridgehead atoms. The number of nitrogens with one attached hydrogen (secondary N) is 4. The zero-order valence-corrected chi connectivity index (χ0v) is 36.7. The highest BCUT2D eigenvalue weighted by Gasteiger charge is 2.63. The van der Waals surface area contributed by atoms with Gasteiger partial charge in [0, 0.05) is 17.7 Å². The molecule has 3 aliphatic carbocycles. The zero-order chi connectivity index (χ0) is 43.2. The number of pyridine rings is 1. The van der Waals surface area contributed by atoms with E-state index >= 15 is 0 Å². The van der Waals surface area contributed by atoms with E-state index in [2.05, 4.69) is 27.3 Å². The van der Waals surface area contributed by atoms with Crippen LogP contribution in [0.3, 0.4) is 0 Å². The van der Waals surface area contributed by atoms with Crippen molar-refractivity contribution in [2.75, 3.05) is 26.7 Å². The number of carbonyl (C=O) groups excluding carboxylic acids is 4. The van der Waals surface area contributed by atoms with Crippen molar-refractivity contribution < 1.29 is 41.8 Å². The molecule has 0 spiro atoms. The largest absolute Gasteiger partial charge is 0.492 e. The first-order valence-corrected chi connectivity index (χ1v) is 23.0. The van der Waals surface area contributed by atoms with Crippen LogP contribution in [0.4, 0.5) is 4.79 Å². The molecule has 3 heterocycles. The summed E-state index contributed by atoms with van der Waals surface area (Å²) in [5, 5.41) is 9.73. The maximum absolute atomic E-state index is 14.8. The Morgan fingerprint density at radius 3 is 2.58 bits per heavy atom. The Kier molecular flexibility index (Phi) is 12.2.